The van der Waals surface area contributed by atoms with Crippen molar-refractivity contribution >= 4 is 62.8 Å². The second-order valence-electron chi connectivity index (χ2n) is 7.50. The van der Waals surface area contributed by atoms with Crippen LogP contribution in [0.2, 0.25) is 0 Å². The molecule has 4 rings (SSSR count). The molecule has 0 aliphatic rings. The van der Waals surface area contributed by atoms with Crippen LogP contribution in [0.5, 0.6) is 5.75 Å². The average Bonchev–Trinajstić information content (AvgIpc) is 3.27. The van der Waals surface area contributed by atoms with Crippen LogP contribution >= 0.6 is 35.3 Å². The van der Waals surface area contributed by atoms with Crippen molar-refractivity contribution in [2.45, 2.75) is 17.1 Å². The number of amides is 1. The predicted molar refractivity (Wildman–Crippen MR) is 150 cm³/mol. The summed E-state index contributed by atoms with van der Waals surface area (Å²) in [4.78, 5) is 18.5. The van der Waals surface area contributed by atoms with Crippen LogP contribution in [-0.2, 0) is 4.79 Å². The van der Waals surface area contributed by atoms with Gasteiger partial charge in [0.2, 0.25) is 5.91 Å². The lowest BCUT2D eigenvalue weighted by molar-refractivity contribution is -0.115. The smallest absolute Gasteiger partial charge is 0.244 e. The third kappa shape index (κ3) is 6.82. The van der Waals surface area contributed by atoms with Gasteiger partial charge in [0.15, 0.2) is 10.2 Å². The summed E-state index contributed by atoms with van der Waals surface area (Å²) >= 11 is 8.38. The monoisotopic (exact) mass is 520 g/mol. The van der Waals surface area contributed by atoms with Crippen molar-refractivity contribution < 1.29 is 9.53 Å². The quantitative estimate of drug-likeness (QED) is 0.175. The Kier molecular flexibility index (Phi) is 8.36. The molecule has 0 fully saturated rings. The molecule has 1 aromatic heterocycles. The molecule has 0 radical (unpaired) electrons. The lowest BCUT2D eigenvalue weighted by atomic mass is 10.1. The summed E-state index contributed by atoms with van der Waals surface area (Å²) in [5.74, 6) is 0.579. The zero-order valence-corrected chi connectivity index (χ0v) is 21.6. The first-order valence-corrected chi connectivity index (χ1v) is 12.9. The topological polar surface area (TPSA) is 75.3 Å². The fourth-order valence-corrected chi connectivity index (χ4v) is 5.30. The SMILES string of the molecule is COc1ccccc1NC(=S)Nc1cccc(SC(C(=O)Nc2nc(C)cs2)c2ccccc2)c1. The summed E-state index contributed by atoms with van der Waals surface area (Å²) in [6.45, 7) is 1.90. The number of hydrogen-bond acceptors (Lipinski definition) is 6. The number of thiocarbonyl (C=S) groups is 1. The molecule has 35 heavy (non-hydrogen) atoms. The summed E-state index contributed by atoms with van der Waals surface area (Å²) in [7, 11) is 1.62. The molecule has 4 aromatic rings. The fourth-order valence-electron chi connectivity index (χ4n) is 3.30. The molecule has 0 saturated carbocycles. The molecule has 0 aliphatic heterocycles. The molecular weight excluding hydrogens is 497 g/mol. The van der Waals surface area contributed by atoms with Gasteiger partial charge in [-0.05, 0) is 55.0 Å². The lowest BCUT2D eigenvalue weighted by Gasteiger charge is -2.17. The van der Waals surface area contributed by atoms with Gasteiger partial charge in [-0.1, -0.05) is 48.5 Å². The highest BCUT2D eigenvalue weighted by molar-refractivity contribution is 8.00. The summed E-state index contributed by atoms with van der Waals surface area (Å²) in [6.07, 6.45) is 0. The number of aryl methyl sites for hydroxylation is 1. The predicted octanol–water partition coefficient (Wildman–Crippen LogP) is 6.74. The maximum atomic E-state index is 13.2. The molecule has 1 heterocycles. The van der Waals surface area contributed by atoms with Crippen LogP contribution in [-0.4, -0.2) is 23.1 Å². The van der Waals surface area contributed by atoms with Crippen molar-refractivity contribution in [3.63, 3.8) is 0 Å². The molecule has 3 aromatic carbocycles. The molecule has 0 bridgehead atoms. The average molecular weight is 521 g/mol. The van der Waals surface area contributed by atoms with Gasteiger partial charge in [-0.15, -0.1) is 23.1 Å². The third-order valence-corrected chi connectivity index (χ3v) is 7.22. The summed E-state index contributed by atoms with van der Waals surface area (Å²) < 4.78 is 5.37. The van der Waals surface area contributed by atoms with Gasteiger partial charge in [0.05, 0.1) is 18.5 Å². The largest absolute Gasteiger partial charge is 0.495 e. The molecule has 178 valence electrons. The first-order chi connectivity index (χ1) is 17.0. The van der Waals surface area contributed by atoms with Crippen molar-refractivity contribution in [1.29, 1.82) is 0 Å². The normalized spacial score (nSPS) is 11.4. The molecule has 0 spiro atoms. The minimum Gasteiger partial charge on any atom is -0.495 e. The number of para-hydroxylation sites is 2. The van der Waals surface area contributed by atoms with E-state index in [-0.39, 0.29) is 5.91 Å². The van der Waals surface area contributed by atoms with Crippen LogP contribution in [0.3, 0.4) is 0 Å². The second kappa shape index (κ2) is 11.8. The van der Waals surface area contributed by atoms with Gasteiger partial charge in [-0.3, -0.25) is 4.79 Å². The maximum absolute atomic E-state index is 13.2. The first kappa shape index (κ1) is 24.7. The van der Waals surface area contributed by atoms with E-state index in [0.717, 1.165) is 27.5 Å². The highest BCUT2D eigenvalue weighted by Crippen LogP contribution is 2.37. The summed E-state index contributed by atoms with van der Waals surface area (Å²) in [5.41, 5.74) is 3.38. The molecule has 0 aliphatic carbocycles. The van der Waals surface area contributed by atoms with Crippen LogP contribution in [0.4, 0.5) is 16.5 Å². The van der Waals surface area contributed by atoms with Gasteiger partial charge in [0.1, 0.15) is 11.0 Å². The number of thiazole rings is 1. The number of nitrogens with one attached hydrogen (secondary N) is 3. The maximum Gasteiger partial charge on any atom is 0.244 e. The van der Waals surface area contributed by atoms with Gasteiger partial charge < -0.3 is 20.7 Å². The zero-order chi connectivity index (χ0) is 24.6. The van der Waals surface area contributed by atoms with Crippen LogP contribution < -0.4 is 20.7 Å². The zero-order valence-electron chi connectivity index (χ0n) is 19.1. The van der Waals surface area contributed by atoms with Gasteiger partial charge in [0, 0.05) is 16.0 Å². The van der Waals surface area contributed by atoms with Gasteiger partial charge in [0.25, 0.3) is 0 Å². The summed E-state index contributed by atoms with van der Waals surface area (Å²) in [6, 6.07) is 25.1. The van der Waals surface area contributed by atoms with E-state index in [4.69, 9.17) is 17.0 Å². The Balaban J connectivity index is 1.49. The number of carbonyl (C=O) groups excluding carboxylic acids is 1. The Morgan fingerprint density at radius 1 is 1.00 bits per heavy atom. The minimum absolute atomic E-state index is 0.123. The highest BCUT2D eigenvalue weighted by Gasteiger charge is 2.23. The van der Waals surface area contributed by atoms with E-state index in [2.05, 4.69) is 20.9 Å². The molecule has 9 heteroatoms. The van der Waals surface area contributed by atoms with E-state index < -0.39 is 5.25 Å². The number of aromatic nitrogens is 1. The molecular formula is C26H24N4O2S3. The van der Waals surface area contributed by atoms with E-state index in [1.165, 1.54) is 23.1 Å². The highest BCUT2D eigenvalue weighted by atomic mass is 32.2. The Bertz CT molecular complexity index is 1310. The number of anilines is 3. The van der Waals surface area contributed by atoms with Crippen LogP contribution in [0.1, 0.15) is 16.5 Å². The minimum atomic E-state index is -0.450. The number of carbonyl (C=O) groups is 1. The van der Waals surface area contributed by atoms with E-state index in [1.807, 2.05) is 91.2 Å². The van der Waals surface area contributed by atoms with Gasteiger partial charge in [-0.2, -0.15) is 0 Å². The molecule has 0 saturated heterocycles. The Labute approximate surface area is 218 Å². The molecule has 6 nitrogen and oxygen atoms in total. The first-order valence-electron chi connectivity index (χ1n) is 10.8. The van der Waals surface area contributed by atoms with Crippen LogP contribution in [0.25, 0.3) is 0 Å². The number of benzene rings is 3. The van der Waals surface area contributed by atoms with Crippen LogP contribution in [0.15, 0.2) is 89.1 Å². The van der Waals surface area contributed by atoms with E-state index in [1.54, 1.807) is 7.11 Å². The van der Waals surface area contributed by atoms with E-state index in [0.29, 0.717) is 16.0 Å². The van der Waals surface area contributed by atoms with Crippen molar-refractivity contribution in [2.24, 2.45) is 0 Å². The van der Waals surface area contributed by atoms with E-state index in [9.17, 15) is 4.79 Å². The number of methoxy groups -OCH3 is 1. The number of rotatable bonds is 8. The van der Waals surface area contributed by atoms with Gasteiger partial charge in [-0.25, -0.2) is 4.98 Å². The Morgan fingerprint density at radius 3 is 2.51 bits per heavy atom. The number of ether oxygens (including phenoxy) is 1. The molecule has 3 N–H and O–H groups in total. The van der Waals surface area contributed by atoms with Crippen molar-refractivity contribution in [1.82, 2.24) is 4.98 Å². The summed E-state index contributed by atoms with van der Waals surface area (Å²) in [5, 5.41) is 11.8. The van der Waals surface area contributed by atoms with Crippen molar-refractivity contribution in [3.05, 3.63) is 95.5 Å². The number of nitrogens with zero attached hydrogens (tertiary/aromatic N) is 1. The van der Waals surface area contributed by atoms with Crippen molar-refractivity contribution in [3.8, 4) is 5.75 Å². The lowest BCUT2D eigenvalue weighted by Crippen LogP contribution is -2.20. The Hall–Kier alpha value is -3.40. The van der Waals surface area contributed by atoms with Gasteiger partial charge >= 0.3 is 0 Å². The number of hydrogen-bond donors (Lipinski definition) is 3. The standard InChI is InChI=1S/C26H24N4O2S3/c1-17-16-34-26(27-17)30-24(31)23(18-9-4-3-5-10-18)35-20-12-8-11-19(15-20)28-25(33)29-21-13-6-7-14-22(21)32-2/h3-16,23H,1-2H3,(H,27,30,31)(H2,28,29,33). The molecule has 1 atom stereocenters. The Morgan fingerprint density at radius 2 is 1.77 bits per heavy atom. The number of thioether (sulfide) groups is 1. The molecule has 1 amide bonds. The van der Waals surface area contributed by atoms with Crippen LogP contribution in [0, 0.1) is 6.92 Å². The third-order valence-electron chi connectivity index (χ3n) is 4.89. The fraction of sp³-hybridized carbons (Fsp3) is 0.115. The van der Waals surface area contributed by atoms with E-state index >= 15 is 0 Å². The van der Waals surface area contributed by atoms with Crippen molar-refractivity contribution in [2.75, 3.05) is 23.1 Å². The second-order valence-corrected chi connectivity index (χ2v) is 9.94. The molecule has 1 unspecified atom stereocenters.